The molecule has 8 aromatic carbocycles. The van der Waals surface area contributed by atoms with Crippen molar-refractivity contribution in [3.05, 3.63) is 187 Å². The lowest BCUT2D eigenvalue weighted by atomic mass is 9.81. The predicted molar refractivity (Wildman–Crippen MR) is 250 cm³/mol. The van der Waals surface area contributed by atoms with Gasteiger partial charge in [0.1, 0.15) is 0 Å². The third kappa shape index (κ3) is 6.44. The lowest BCUT2D eigenvalue weighted by molar-refractivity contribution is 0.647. The predicted octanol–water partition coefficient (Wildman–Crippen LogP) is 15.0. The molecule has 3 heteroatoms. The van der Waals surface area contributed by atoms with E-state index < -0.39 is 8.07 Å². The molecule has 1 aliphatic carbocycles. The number of benzene rings is 8. The van der Waals surface area contributed by atoms with Gasteiger partial charge in [0, 0.05) is 38.9 Å². The van der Waals surface area contributed by atoms with E-state index in [4.69, 9.17) is 0 Å². The second kappa shape index (κ2) is 14.2. The van der Waals surface area contributed by atoms with Crippen LogP contribution in [0.25, 0.3) is 32.7 Å². The van der Waals surface area contributed by atoms with Gasteiger partial charge in [-0.15, -0.1) is 0 Å². The van der Waals surface area contributed by atoms with Crippen molar-refractivity contribution in [3.63, 3.8) is 0 Å². The SMILES string of the molecule is CC(C)Cc1cccc(N(c2ccc([Si](C)(C)C)c3ccccc23)c2cc3c(c4ccccc24)-c2ccc(N(c4ccccc4)c4ccccc4)cc2C3(C)C)c1. The molecule has 0 aliphatic heterocycles. The summed E-state index contributed by atoms with van der Waals surface area (Å²) in [6, 6.07) is 63.4. The molecule has 0 N–H and O–H groups in total. The van der Waals surface area contributed by atoms with Crippen LogP contribution >= 0.6 is 0 Å². The Morgan fingerprint density at radius 3 is 1.67 bits per heavy atom. The van der Waals surface area contributed by atoms with Crippen molar-refractivity contribution in [3.8, 4) is 11.1 Å². The summed E-state index contributed by atoms with van der Waals surface area (Å²) >= 11 is 0. The highest BCUT2D eigenvalue weighted by Crippen LogP contribution is 2.56. The first kappa shape index (κ1) is 36.7. The summed E-state index contributed by atoms with van der Waals surface area (Å²) in [4.78, 5) is 4.95. The van der Waals surface area contributed by atoms with E-state index in [2.05, 4.69) is 227 Å². The molecular formula is C54H52N2Si. The minimum atomic E-state index is -1.63. The van der Waals surface area contributed by atoms with Crippen LogP contribution in [-0.2, 0) is 11.8 Å². The van der Waals surface area contributed by atoms with Gasteiger partial charge in [-0.05, 0) is 112 Å². The molecular weight excluding hydrogens is 705 g/mol. The highest BCUT2D eigenvalue weighted by molar-refractivity contribution is 6.90. The molecule has 0 atom stereocenters. The van der Waals surface area contributed by atoms with E-state index >= 15 is 0 Å². The van der Waals surface area contributed by atoms with Crippen LogP contribution in [0.5, 0.6) is 0 Å². The van der Waals surface area contributed by atoms with Crippen molar-refractivity contribution in [1.29, 1.82) is 0 Å². The van der Waals surface area contributed by atoms with E-state index in [9.17, 15) is 0 Å². The summed E-state index contributed by atoms with van der Waals surface area (Å²) in [6.07, 6.45) is 1.04. The number of nitrogens with zero attached hydrogens (tertiary/aromatic N) is 2. The highest BCUT2D eigenvalue weighted by Gasteiger charge is 2.39. The molecule has 8 aromatic rings. The Balaban J connectivity index is 1.29. The van der Waals surface area contributed by atoms with Crippen molar-refractivity contribution < 1.29 is 0 Å². The Bertz CT molecular complexity index is 2720. The Kier molecular flexibility index (Phi) is 9.17. The smallest absolute Gasteiger partial charge is 0.0784 e. The zero-order valence-corrected chi connectivity index (χ0v) is 35.3. The average Bonchev–Trinajstić information content (AvgIpc) is 3.43. The first-order valence-corrected chi connectivity index (χ1v) is 24.0. The van der Waals surface area contributed by atoms with Crippen LogP contribution in [0.3, 0.4) is 0 Å². The average molecular weight is 757 g/mol. The van der Waals surface area contributed by atoms with Gasteiger partial charge in [0.05, 0.1) is 19.4 Å². The number of para-hydroxylation sites is 2. The third-order valence-corrected chi connectivity index (χ3v) is 14.0. The molecule has 0 aromatic heterocycles. The lowest BCUT2D eigenvalue weighted by Gasteiger charge is -2.32. The van der Waals surface area contributed by atoms with Gasteiger partial charge in [-0.25, -0.2) is 0 Å². The van der Waals surface area contributed by atoms with Gasteiger partial charge >= 0.3 is 0 Å². The fourth-order valence-corrected chi connectivity index (χ4v) is 10.9. The van der Waals surface area contributed by atoms with Crippen LogP contribution in [0.2, 0.25) is 19.6 Å². The van der Waals surface area contributed by atoms with Gasteiger partial charge in [-0.3, -0.25) is 0 Å². The molecule has 0 bridgehead atoms. The zero-order valence-electron chi connectivity index (χ0n) is 34.3. The summed E-state index contributed by atoms with van der Waals surface area (Å²) in [7, 11) is -1.63. The maximum Gasteiger partial charge on any atom is 0.0784 e. The van der Waals surface area contributed by atoms with Crippen LogP contribution < -0.4 is 15.0 Å². The summed E-state index contributed by atoms with van der Waals surface area (Å²) in [5.41, 5.74) is 13.6. The zero-order chi connectivity index (χ0) is 39.5. The summed E-state index contributed by atoms with van der Waals surface area (Å²) in [5.74, 6) is 0.565. The summed E-state index contributed by atoms with van der Waals surface area (Å²) < 4.78 is 0. The third-order valence-electron chi connectivity index (χ3n) is 11.9. The van der Waals surface area contributed by atoms with Crippen molar-refractivity contribution in [2.24, 2.45) is 5.92 Å². The minimum absolute atomic E-state index is 0.257. The Morgan fingerprint density at radius 1 is 0.474 bits per heavy atom. The second-order valence-corrected chi connectivity index (χ2v) is 22.8. The molecule has 0 fully saturated rings. The molecule has 0 heterocycles. The number of hydrogen-bond acceptors (Lipinski definition) is 2. The molecule has 0 amide bonds. The fraction of sp³-hybridized carbons (Fsp3) is 0.185. The van der Waals surface area contributed by atoms with E-state index in [1.165, 1.54) is 71.6 Å². The van der Waals surface area contributed by atoms with E-state index in [0.29, 0.717) is 5.92 Å². The van der Waals surface area contributed by atoms with Gasteiger partial charge in [0.25, 0.3) is 0 Å². The highest BCUT2D eigenvalue weighted by atomic mass is 28.3. The van der Waals surface area contributed by atoms with Crippen LogP contribution in [-0.4, -0.2) is 8.07 Å². The van der Waals surface area contributed by atoms with E-state index in [1.807, 2.05) is 0 Å². The van der Waals surface area contributed by atoms with Gasteiger partial charge in [0.15, 0.2) is 0 Å². The number of fused-ring (bicyclic) bond motifs is 6. The van der Waals surface area contributed by atoms with E-state index in [-0.39, 0.29) is 5.41 Å². The van der Waals surface area contributed by atoms with Crippen LogP contribution in [0, 0.1) is 5.92 Å². The molecule has 9 rings (SSSR count). The lowest BCUT2D eigenvalue weighted by Crippen LogP contribution is -2.38. The Labute approximate surface area is 340 Å². The van der Waals surface area contributed by atoms with Gasteiger partial charge < -0.3 is 9.80 Å². The van der Waals surface area contributed by atoms with Crippen molar-refractivity contribution in [2.45, 2.75) is 59.2 Å². The fourth-order valence-electron chi connectivity index (χ4n) is 9.31. The van der Waals surface area contributed by atoms with Gasteiger partial charge in [0.2, 0.25) is 0 Å². The number of anilines is 6. The van der Waals surface area contributed by atoms with Crippen molar-refractivity contribution in [2.75, 3.05) is 9.80 Å². The molecule has 282 valence electrons. The van der Waals surface area contributed by atoms with Gasteiger partial charge in [-0.1, -0.05) is 162 Å². The normalized spacial score (nSPS) is 13.2. The minimum Gasteiger partial charge on any atom is -0.310 e. The van der Waals surface area contributed by atoms with Crippen molar-refractivity contribution >= 4 is 68.9 Å². The molecule has 2 nitrogen and oxygen atoms in total. The first-order valence-electron chi connectivity index (χ1n) is 20.5. The molecule has 0 spiro atoms. The van der Waals surface area contributed by atoms with Crippen LogP contribution in [0.1, 0.15) is 44.4 Å². The largest absolute Gasteiger partial charge is 0.310 e. The van der Waals surface area contributed by atoms with Crippen LogP contribution in [0.15, 0.2) is 170 Å². The van der Waals surface area contributed by atoms with Gasteiger partial charge in [-0.2, -0.15) is 0 Å². The number of hydrogen-bond donors (Lipinski definition) is 0. The summed E-state index contributed by atoms with van der Waals surface area (Å²) in [6.45, 7) is 16.8. The topological polar surface area (TPSA) is 6.48 Å². The molecule has 0 radical (unpaired) electrons. The summed E-state index contributed by atoms with van der Waals surface area (Å²) in [5, 5.41) is 6.71. The molecule has 0 unspecified atom stereocenters. The Morgan fingerprint density at radius 2 is 1.04 bits per heavy atom. The quantitative estimate of drug-likeness (QED) is 0.135. The molecule has 0 saturated heterocycles. The first-order chi connectivity index (χ1) is 27.5. The number of rotatable bonds is 9. The molecule has 0 saturated carbocycles. The second-order valence-electron chi connectivity index (χ2n) is 17.8. The molecule has 1 aliphatic rings. The monoisotopic (exact) mass is 756 g/mol. The Hall–Kier alpha value is -5.90. The standard InChI is InChI=1S/C54H52N2Si/c1-37(2)33-38-19-18-24-41(34-38)56(50-31-32-52(57(5,6)7)45-27-16-14-25-43(45)50)51-36-49-53(46-28-17-15-26-44(46)51)47-30-29-42(35-48(47)54(49,3)4)55(39-20-10-8-11-21-39)40-22-12-9-13-23-40/h8-32,34-37H,33H2,1-7H3. The maximum absolute atomic E-state index is 2.57. The molecule has 57 heavy (non-hydrogen) atoms. The van der Waals surface area contributed by atoms with Crippen LogP contribution in [0.4, 0.5) is 34.1 Å². The van der Waals surface area contributed by atoms with Crippen molar-refractivity contribution in [1.82, 2.24) is 0 Å². The van der Waals surface area contributed by atoms with E-state index in [0.717, 1.165) is 23.5 Å². The van der Waals surface area contributed by atoms with E-state index in [1.54, 1.807) is 0 Å². The maximum atomic E-state index is 2.57.